The number of hydrogen-bond donors (Lipinski definition) is 0. The van der Waals surface area contributed by atoms with Crippen molar-refractivity contribution in [3.05, 3.63) is 35.9 Å². The quantitative estimate of drug-likeness (QED) is 0.630. The molecule has 0 radical (unpaired) electrons. The number of hydrogen-bond acceptors (Lipinski definition) is 0. The van der Waals surface area contributed by atoms with Crippen molar-refractivity contribution in [2.24, 2.45) is 11.8 Å². The lowest BCUT2D eigenvalue weighted by Gasteiger charge is -2.08. The van der Waals surface area contributed by atoms with Crippen LogP contribution in [0.2, 0.25) is 0 Å². The Bertz CT molecular complexity index is 314. The summed E-state index contributed by atoms with van der Waals surface area (Å²) in [6, 6.07) is 10.6. The predicted octanol–water partition coefficient (Wildman–Crippen LogP) is 3.28. The highest BCUT2D eigenvalue weighted by Crippen LogP contribution is 2.38. The molecule has 1 aliphatic rings. The SMILES string of the molecule is C#CC(CCc1ccccc1)C1CC1. The molecule has 0 bridgehead atoms. The van der Waals surface area contributed by atoms with Crippen LogP contribution >= 0.6 is 0 Å². The van der Waals surface area contributed by atoms with Crippen molar-refractivity contribution in [3.63, 3.8) is 0 Å². The summed E-state index contributed by atoms with van der Waals surface area (Å²) >= 11 is 0. The van der Waals surface area contributed by atoms with Crippen LogP contribution in [0.25, 0.3) is 0 Å². The largest absolute Gasteiger partial charge is 0.120 e. The van der Waals surface area contributed by atoms with Gasteiger partial charge in [0.2, 0.25) is 0 Å². The molecule has 1 aliphatic carbocycles. The van der Waals surface area contributed by atoms with Crippen molar-refractivity contribution in [2.45, 2.75) is 25.7 Å². The Morgan fingerprint density at radius 2 is 2.00 bits per heavy atom. The van der Waals surface area contributed by atoms with E-state index in [2.05, 4.69) is 36.3 Å². The molecule has 0 nitrogen and oxygen atoms in total. The predicted molar refractivity (Wildman–Crippen MR) is 59.8 cm³/mol. The summed E-state index contributed by atoms with van der Waals surface area (Å²) in [6.45, 7) is 0. The lowest BCUT2D eigenvalue weighted by Crippen LogP contribution is -2.01. The average molecular weight is 184 g/mol. The van der Waals surface area contributed by atoms with Crippen molar-refractivity contribution >= 4 is 0 Å². The fourth-order valence-corrected chi connectivity index (χ4v) is 1.92. The van der Waals surface area contributed by atoms with Gasteiger partial charge in [0.15, 0.2) is 0 Å². The molecular formula is C14H16. The summed E-state index contributed by atoms with van der Waals surface area (Å²) in [5, 5.41) is 0. The third-order valence-electron chi connectivity index (χ3n) is 2.99. The average Bonchev–Trinajstić information content (AvgIpc) is 3.05. The molecule has 0 N–H and O–H groups in total. The minimum absolute atomic E-state index is 0.523. The Morgan fingerprint density at radius 3 is 2.57 bits per heavy atom. The van der Waals surface area contributed by atoms with E-state index in [0.717, 1.165) is 18.8 Å². The summed E-state index contributed by atoms with van der Waals surface area (Å²) < 4.78 is 0. The van der Waals surface area contributed by atoms with Crippen LogP contribution < -0.4 is 0 Å². The zero-order valence-electron chi connectivity index (χ0n) is 8.45. The molecule has 0 amide bonds. The zero-order chi connectivity index (χ0) is 9.80. The Morgan fingerprint density at radius 1 is 1.29 bits per heavy atom. The minimum atomic E-state index is 0.523. The van der Waals surface area contributed by atoms with Gasteiger partial charge in [-0.3, -0.25) is 0 Å². The van der Waals surface area contributed by atoms with E-state index in [1.807, 2.05) is 0 Å². The van der Waals surface area contributed by atoms with Crippen LogP contribution in [-0.4, -0.2) is 0 Å². The van der Waals surface area contributed by atoms with Gasteiger partial charge in [0.25, 0.3) is 0 Å². The van der Waals surface area contributed by atoms with Gasteiger partial charge in [-0.05, 0) is 37.2 Å². The van der Waals surface area contributed by atoms with Gasteiger partial charge in [-0.25, -0.2) is 0 Å². The van der Waals surface area contributed by atoms with Crippen molar-refractivity contribution in [1.29, 1.82) is 0 Å². The topological polar surface area (TPSA) is 0 Å². The van der Waals surface area contributed by atoms with Gasteiger partial charge in [-0.2, -0.15) is 0 Å². The first-order valence-corrected chi connectivity index (χ1v) is 5.40. The normalized spacial score (nSPS) is 17.4. The van der Waals surface area contributed by atoms with Crippen LogP contribution in [0, 0.1) is 24.2 Å². The van der Waals surface area contributed by atoms with Gasteiger partial charge in [0.1, 0.15) is 0 Å². The molecule has 1 fully saturated rings. The van der Waals surface area contributed by atoms with Crippen LogP contribution in [0.3, 0.4) is 0 Å². The zero-order valence-corrected chi connectivity index (χ0v) is 8.45. The first-order valence-electron chi connectivity index (χ1n) is 5.40. The number of aryl methyl sites for hydroxylation is 1. The van der Waals surface area contributed by atoms with Crippen molar-refractivity contribution in [3.8, 4) is 12.3 Å². The molecule has 72 valence electrons. The van der Waals surface area contributed by atoms with Crippen LogP contribution in [0.1, 0.15) is 24.8 Å². The lowest BCUT2D eigenvalue weighted by molar-refractivity contribution is 0.542. The highest BCUT2D eigenvalue weighted by molar-refractivity contribution is 5.15. The Labute approximate surface area is 86.3 Å². The van der Waals surface area contributed by atoms with E-state index in [4.69, 9.17) is 6.42 Å². The molecule has 2 rings (SSSR count). The fourth-order valence-electron chi connectivity index (χ4n) is 1.92. The number of benzene rings is 1. The molecule has 14 heavy (non-hydrogen) atoms. The molecular weight excluding hydrogens is 168 g/mol. The molecule has 0 heteroatoms. The molecule has 0 heterocycles. The van der Waals surface area contributed by atoms with Gasteiger partial charge >= 0.3 is 0 Å². The van der Waals surface area contributed by atoms with E-state index in [1.54, 1.807) is 0 Å². The van der Waals surface area contributed by atoms with Gasteiger partial charge < -0.3 is 0 Å². The standard InChI is InChI=1S/C14H16/c1-2-13(14-10-11-14)9-8-12-6-4-3-5-7-12/h1,3-7,13-14H,8-11H2. The van der Waals surface area contributed by atoms with Crippen LogP contribution in [0.5, 0.6) is 0 Å². The summed E-state index contributed by atoms with van der Waals surface area (Å²) in [5.41, 5.74) is 1.41. The van der Waals surface area contributed by atoms with Crippen LogP contribution in [0.15, 0.2) is 30.3 Å². The second-order valence-electron chi connectivity index (χ2n) is 4.13. The van der Waals surface area contributed by atoms with E-state index < -0.39 is 0 Å². The van der Waals surface area contributed by atoms with E-state index in [9.17, 15) is 0 Å². The minimum Gasteiger partial charge on any atom is -0.120 e. The van der Waals surface area contributed by atoms with Crippen molar-refractivity contribution < 1.29 is 0 Å². The molecule has 1 aromatic rings. The molecule has 1 saturated carbocycles. The molecule has 1 atom stereocenters. The van der Waals surface area contributed by atoms with Gasteiger partial charge in [0.05, 0.1) is 0 Å². The summed E-state index contributed by atoms with van der Waals surface area (Å²) in [5.74, 6) is 4.29. The summed E-state index contributed by atoms with van der Waals surface area (Å²) in [6.07, 6.45) is 10.5. The van der Waals surface area contributed by atoms with E-state index in [-0.39, 0.29) is 0 Å². The Hall–Kier alpha value is -1.22. The molecule has 0 spiro atoms. The molecule has 0 saturated heterocycles. The van der Waals surface area contributed by atoms with Crippen molar-refractivity contribution in [2.75, 3.05) is 0 Å². The maximum Gasteiger partial charge on any atom is 0.0231 e. The lowest BCUT2D eigenvalue weighted by atomic mass is 9.96. The smallest absolute Gasteiger partial charge is 0.0231 e. The molecule has 1 aromatic carbocycles. The van der Waals surface area contributed by atoms with Crippen LogP contribution in [-0.2, 0) is 6.42 Å². The maximum atomic E-state index is 5.53. The van der Waals surface area contributed by atoms with Gasteiger partial charge in [-0.15, -0.1) is 12.3 Å². The Balaban J connectivity index is 1.84. The third kappa shape index (κ3) is 2.39. The first-order chi connectivity index (χ1) is 6.90. The summed E-state index contributed by atoms with van der Waals surface area (Å²) in [4.78, 5) is 0. The van der Waals surface area contributed by atoms with E-state index in [1.165, 1.54) is 18.4 Å². The second kappa shape index (κ2) is 4.33. The van der Waals surface area contributed by atoms with Crippen molar-refractivity contribution in [1.82, 2.24) is 0 Å². The first kappa shape index (κ1) is 9.34. The monoisotopic (exact) mass is 184 g/mol. The van der Waals surface area contributed by atoms with Gasteiger partial charge in [-0.1, -0.05) is 30.3 Å². The number of rotatable bonds is 4. The van der Waals surface area contributed by atoms with Gasteiger partial charge in [0, 0.05) is 5.92 Å². The second-order valence-corrected chi connectivity index (χ2v) is 4.13. The third-order valence-corrected chi connectivity index (χ3v) is 2.99. The maximum absolute atomic E-state index is 5.53. The van der Waals surface area contributed by atoms with E-state index in [0.29, 0.717) is 5.92 Å². The molecule has 0 aliphatic heterocycles. The molecule has 0 aromatic heterocycles. The summed E-state index contributed by atoms with van der Waals surface area (Å²) in [7, 11) is 0. The number of terminal acetylenes is 1. The highest BCUT2D eigenvalue weighted by atomic mass is 14.3. The van der Waals surface area contributed by atoms with Crippen LogP contribution in [0.4, 0.5) is 0 Å². The highest BCUT2D eigenvalue weighted by Gasteiger charge is 2.29. The molecule has 1 unspecified atom stereocenters. The Kier molecular flexibility index (Phi) is 2.89. The van der Waals surface area contributed by atoms with E-state index >= 15 is 0 Å². The fraction of sp³-hybridized carbons (Fsp3) is 0.429.